The largest absolute Gasteiger partial charge is 0.299 e. The molecule has 1 heterocycles. The van der Waals surface area contributed by atoms with E-state index in [0.29, 0.717) is 0 Å². The van der Waals surface area contributed by atoms with Gasteiger partial charge in [0, 0.05) is 17.0 Å². The van der Waals surface area contributed by atoms with Gasteiger partial charge in [-0.3, -0.25) is 4.90 Å². The molecule has 1 aliphatic heterocycles. The molecule has 1 nitrogen and oxygen atoms in total. The monoisotopic (exact) mass is 315 g/mol. The van der Waals surface area contributed by atoms with Crippen molar-refractivity contribution in [1.29, 1.82) is 0 Å². The minimum absolute atomic E-state index is 0.836. The molecular formula is C13H18IN. The third-order valence-electron chi connectivity index (χ3n) is 3.13. The molecule has 1 aliphatic rings. The molecule has 82 valence electrons. The molecule has 1 aromatic carbocycles. The zero-order chi connectivity index (χ0) is 10.7. The van der Waals surface area contributed by atoms with Crippen molar-refractivity contribution in [2.24, 2.45) is 5.92 Å². The topological polar surface area (TPSA) is 3.24 Å². The van der Waals surface area contributed by atoms with Crippen LogP contribution in [0.5, 0.6) is 0 Å². The van der Waals surface area contributed by atoms with Gasteiger partial charge in [-0.1, -0.05) is 59.8 Å². The van der Waals surface area contributed by atoms with Crippen LogP contribution < -0.4 is 0 Å². The highest BCUT2D eigenvalue weighted by Gasteiger charge is 2.23. The van der Waals surface area contributed by atoms with Crippen molar-refractivity contribution in [1.82, 2.24) is 4.90 Å². The Hall–Kier alpha value is -0.0900. The fourth-order valence-corrected chi connectivity index (χ4v) is 2.69. The molecule has 2 atom stereocenters. The predicted molar refractivity (Wildman–Crippen MR) is 73.3 cm³/mol. The van der Waals surface area contributed by atoms with Gasteiger partial charge in [-0.2, -0.15) is 0 Å². The highest BCUT2D eigenvalue weighted by atomic mass is 127. The van der Waals surface area contributed by atoms with Crippen LogP contribution >= 0.6 is 22.6 Å². The molecule has 0 spiro atoms. The zero-order valence-corrected chi connectivity index (χ0v) is 11.4. The number of rotatable bonds is 2. The minimum atomic E-state index is 0.836. The van der Waals surface area contributed by atoms with Crippen LogP contribution in [0.25, 0.3) is 0 Å². The third kappa shape index (κ3) is 3.18. The van der Waals surface area contributed by atoms with Crippen LogP contribution in [0.4, 0.5) is 0 Å². The summed E-state index contributed by atoms with van der Waals surface area (Å²) in [4.78, 5) is 2.58. The summed E-state index contributed by atoms with van der Waals surface area (Å²) >= 11 is 2.60. The number of hydrogen-bond acceptors (Lipinski definition) is 1. The summed E-state index contributed by atoms with van der Waals surface area (Å²) in [5.74, 6) is 0.836. The first-order valence-electron chi connectivity index (χ1n) is 5.66. The third-order valence-corrected chi connectivity index (χ3v) is 4.98. The molecule has 0 N–H and O–H groups in total. The first-order chi connectivity index (χ1) is 7.25. The normalized spacial score (nSPS) is 27.9. The molecule has 2 rings (SSSR count). The van der Waals surface area contributed by atoms with Crippen LogP contribution in [0.15, 0.2) is 30.3 Å². The van der Waals surface area contributed by atoms with Crippen molar-refractivity contribution < 1.29 is 0 Å². The van der Waals surface area contributed by atoms with Crippen LogP contribution in [-0.2, 0) is 6.54 Å². The second kappa shape index (κ2) is 5.30. The van der Waals surface area contributed by atoms with Gasteiger partial charge in [-0.05, 0) is 24.4 Å². The van der Waals surface area contributed by atoms with Gasteiger partial charge >= 0.3 is 0 Å². The smallest absolute Gasteiger partial charge is 0.0233 e. The van der Waals surface area contributed by atoms with E-state index in [-0.39, 0.29) is 0 Å². The van der Waals surface area contributed by atoms with Crippen LogP contribution in [0.1, 0.15) is 18.9 Å². The molecule has 0 bridgehead atoms. The lowest BCUT2D eigenvalue weighted by molar-refractivity contribution is 0.186. The quantitative estimate of drug-likeness (QED) is 0.598. The second-order valence-corrected chi connectivity index (χ2v) is 6.10. The van der Waals surface area contributed by atoms with E-state index in [1.807, 2.05) is 0 Å². The van der Waals surface area contributed by atoms with Gasteiger partial charge in [0.1, 0.15) is 0 Å². The number of alkyl halides is 1. The standard InChI is InChI=1S/C13H18IN/c1-11-9-15(8-7-13(11)14)10-12-5-3-2-4-6-12/h2-6,11,13H,7-10H2,1H3/t11-,13-/m1/s1. The van der Waals surface area contributed by atoms with Crippen LogP contribution in [0.2, 0.25) is 0 Å². The van der Waals surface area contributed by atoms with Crippen molar-refractivity contribution in [3.63, 3.8) is 0 Å². The molecule has 0 amide bonds. The lowest BCUT2D eigenvalue weighted by Crippen LogP contribution is -2.39. The van der Waals surface area contributed by atoms with E-state index in [1.54, 1.807) is 0 Å². The van der Waals surface area contributed by atoms with E-state index in [1.165, 1.54) is 25.1 Å². The Morgan fingerprint density at radius 2 is 2.07 bits per heavy atom. The van der Waals surface area contributed by atoms with E-state index in [9.17, 15) is 0 Å². The number of likely N-dealkylation sites (tertiary alicyclic amines) is 1. The summed E-state index contributed by atoms with van der Waals surface area (Å²) in [5.41, 5.74) is 1.44. The van der Waals surface area contributed by atoms with Crippen molar-refractivity contribution in [3.05, 3.63) is 35.9 Å². The van der Waals surface area contributed by atoms with Gasteiger partial charge in [0.05, 0.1) is 0 Å². The molecule has 0 aliphatic carbocycles. The van der Waals surface area contributed by atoms with E-state index in [4.69, 9.17) is 0 Å². The molecule has 0 radical (unpaired) electrons. The number of piperidine rings is 1. The lowest BCUT2D eigenvalue weighted by atomic mass is 10.00. The van der Waals surface area contributed by atoms with Gasteiger partial charge in [-0.15, -0.1) is 0 Å². The summed E-state index contributed by atoms with van der Waals surface area (Å²) in [6.45, 7) is 6.00. The number of benzene rings is 1. The molecule has 15 heavy (non-hydrogen) atoms. The summed E-state index contributed by atoms with van der Waals surface area (Å²) in [6, 6.07) is 10.8. The SMILES string of the molecule is C[C@@H]1CN(Cc2ccccc2)CC[C@H]1I. The first-order valence-corrected chi connectivity index (χ1v) is 6.90. The molecule has 1 saturated heterocycles. The van der Waals surface area contributed by atoms with Gasteiger partial charge in [-0.25, -0.2) is 0 Å². The van der Waals surface area contributed by atoms with Gasteiger partial charge in [0.25, 0.3) is 0 Å². The fourth-order valence-electron chi connectivity index (χ4n) is 2.19. The number of hydrogen-bond donors (Lipinski definition) is 0. The van der Waals surface area contributed by atoms with E-state index in [2.05, 4.69) is 64.7 Å². The Balaban J connectivity index is 1.91. The van der Waals surface area contributed by atoms with Crippen LogP contribution in [-0.4, -0.2) is 21.9 Å². The highest BCUT2D eigenvalue weighted by Crippen LogP contribution is 2.24. The molecule has 2 heteroatoms. The van der Waals surface area contributed by atoms with Crippen molar-refractivity contribution >= 4 is 22.6 Å². The maximum Gasteiger partial charge on any atom is 0.0233 e. The van der Waals surface area contributed by atoms with Gasteiger partial charge in [0.2, 0.25) is 0 Å². The predicted octanol–water partition coefficient (Wildman–Crippen LogP) is 3.33. The molecule has 0 saturated carbocycles. The highest BCUT2D eigenvalue weighted by molar-refractivity contribution is 14.1. The minimum Gasteiger partial charge on any atom is -0.299 e. The van der Waals surface area contributed by atoms with Crippen molar-refractivity contribution in [2.75, 3.05) is 13.1 Å². The van der Waals surface area contributed by atoms with E-state index >= 15 is 0 Å². The Kier molecular flexibility index (Phi) is 4.03. The summed E-state index contributed by atoms with van der Waals surface area (Å²) < 4.78 is 0.870. The fraction of sp³-hybridized carbons (Fsp3) is 0.538. The Morgan fingerprint density at radius 3 is 2.73 bits per heavy atom. The van der Waals surface area contributed by atoms with Gasteiger partial charge < -0.3 is 0 Å². The molecule has 0 aromatic heterocycles. The summed E-state index contributed by atoms with van der Waals surface area (Å²) in [6.07, 6.45) is 1.34. The molecule has 1 fully saturated rings. The Labute approximate surface area is 106 Å². The van der Waals surface area contributed by atoms with E-state index in [0.717, 1.165) is 16.4 Å². The Bertz CT molecular complexity index is 299. The molecule has 1 aromatic rings. The van der Waals surface area contributed by atoms with Gasteiger partial charge in [0.15, 0.2) is 0 Å². The summed E-state index contributed by atoms with van der Waals surface area (Å²) in [7, 11) is 0. The second-order valence-electron chi connectivity index (χ2n) is 4.50. The lowest BCUT2D eigenvalue weighted by Gasteiger charge is -2.34. The van der Waals surface area contributed by atoms with Crippen molar-refractivity contribution in [3.8, 4) is 0 Å². The van der Waals surface area contributed by atoms with Crippen molar-refractivity contribution in [2.45, 2.75) is 23.8 Å². The molecular weight excluding hydrogens is 297 g/mol. The maximum atomic E-state index is 2.60. The van der Waals surface area contributed by atoms with Crippen LogP contribution in [0, 0.1) is 5.92 Å². The summed E-state index contributed by atoms with van der Waals surface area (Å²) in [5, 5.41) is 0. The average Bonchev–Trinajstić information content (AvgIpc) is 2.25. The number of nitrogens with zero attached hydrogens (tertiary/aromatic N) is 1. The van der Waals surface area contributed by atoms with E-state index < -0.39 is 0 Å². The Morgan fingerprint density at radius 1 is 1.33 bits per heavy atom. The molecule has 0 unspecified atom stereocenters. The average molecular weight is 315 g/mol. The zero-order valence-electron chi connectivity index (χ0n) is 9.20. The van der Waals surface area contributed by atoms with Crippen LogP contribution in [0.3, 0.4) is 0 Å². The first kappa shape index (κ1) is 11.4. The maximum absolute atomic E-state index is 2.60. The number of halogens is 1.